The number of carbonyl (C=O) groups is 1. The normalized spacial score (nSPS) is 18.0. The standard InChI is InChI=1S/C21H25N3O2S/c1-2-12-24-13-6-5-8-17(24)20(25)22-14-15-10-11-18(26-15)21-23-16-7-3-4-9-19(16)27-21/h3-4,7,9-11,17H,2,5-6,8,12-14H2,1H3,(H,22,25). The summed E-state index contributed by atoms with van der Waals surface area (Å²) in [4.78, 5) is 19.6. The molecule has 1 saturated heterocycles. The Morgan fingerprint density at radius 1 is 1.30 bits per heavy atom. The monoisotopic (exact) mass is 383 g/mol. The first-order chi connectivity index (χ1) is 13.2. The second kappa shape index (κ2) is 8.23. The average Bonchev–Trinajstić information content (AvgIpc) is 3.33. The molecule has 4 rings (SSSR count). The van der Waals surface area contributed by atoms with E-state index < -0.39 is 0 Å². The number of hydrogen-bond donors (Lipinski definition) is 1. The molecule has 5 nitrogen and oxygen atoms in total. The van der Waals surface area contributed by atoms with Crippen LogP contribution < -0.4 is 5.32 Å². The Morgan fingerprint density at radius 2 is 2.19 bits per heavy atom. The number of piperidine rings is 1. The van der Waals surface area contributed by atoms with Crippen molar-refractivity contribution in [2.75, 3.05) is 13.1 Å². The van der Waals surface area contributed by atoms with E-state index in [-0.39, 0.29) is 11.9 Å². The highest BCUT2D eigenvalue weighted by Gasteiger charge is 2.27. The maximum absolute atomic E-state index is 12.6. The number of hydrogen-bond acceptors (Lipinski definition) is 5. The zero-order valence-corrected chi connectivity index (χ0v) is 16.4. The Kier molecular flexibility index (Phi) is 5.55. The Balaban J connectivity index is 1.39. The molecule has 27 heavy (non-hydrogen) atoms. The molecule has 1 aliphatic heterocycles. The van der Waals surface area contributed by atoms with Gasteiger partial charge in [0.05, 0.1) is 22.8 Å². The van der Waals surface area contributed by atoms with Crippen LogP contribution in [0, 0.1) is 0 Å². The van der Waals surface area contributed by atoms with Crippen LogP contribution in [0.25, 0.3) is 21.0 Å². The van der Waals surface area contributed by atoms with Crippen molar-refractivity contribution in [2.24, 2.45) is 0 Å². The minimum atomic E-state index is -0.00241. The lowest BCUT2D eigenvalue weighted by Gasteiger charge is -2.34. The van der Waals surface area contributed by atoms with Gasteiger partial charge in [-0.25, -0.2) is 4.98 Å². The summed E-state index contributed by atoms with van der Waals surface area (Å²) in [5.74, 6) is 1.63. The van der Waals surface area contributed by atoms with E-state index in [1.165, 1.54) is 6.42 Å². The third kappa shape index (κ3) is 4.06. The minimum absolute atomic E-state index is 0.00241. The molecule has 1 amide bonds. The summed E-state index contributed by atoms with van der Waals surface area (Å²) in [5.41, 5.74) is 0.983. The van der Waals surface area contributed by atoms with Crippen LogP contribution in [0.1, 0.15) is 38.4 Å². The number of carbonyl (C=O) groups excluding carboxylic acids is 1. The number of thiazole rings is 1. The molecule has 1 aliphatic rings. The lowest BCUT2D eigenvalue weighted by molar-refractivity contribution is -0.127. The first-order valence-electron chi connectivity index (χ1n) is 9.71. The predicted octanol–water partition coefficient (Wildman–Crippen LogP) is 4.44. The molecular formula is C21H25N3O2S. The summed E-state index contributed by atoms with van der Waals surface area (Å²) >= 11 is 1.62. The van der Waals surface area contributed by atoms with E-state index in [1.807, 2.05) is 30.3 Å². The number of nitrogens with one attached hydrogen (secondary N) is 1. The maximum atomic E-state index is 12.6. The SMILES string of the molecule is CCCN1CCCCC1C(=O)NCc1ccc(-c2nc3ccccc3s2)o1. The molecule has 0 bridgehead atoms. The molecule has 1 atom stereocenters. The van der Waals surface area contributed by atoms with Gasteiger partial charge in [0.25, 0.3) is 0 Å². The predicted molar refractivity (Wildman–Crippen MR) is 109 cm³/mol. The number of amides is 1. The van der Waals surface area contributed by atoms with Crippen molar-refractivity contribution < 1.29 is 9.21 Å². The van der Waals surface area contributed by atoms with Crippen LogP contribution in [-0.2, 0) is 11.3 Å². The molecule has 2 aromatic heterocycles. The summed E-state index contributed by atoms with van der Waals surface area (Å²) in [5, 5.41) is 3.93. The van der Waals surface area contributed by atoms with Crippen molar-refractivity contribution >= 4 is 27.5 Å². The molecule has 1 aromatic carbocycles. The zero-order valence-electron chi connectivity index (χ0n) is 15.6. The van der Waals surface area contributed by atoms with E-state index in [9.17, 15) is 4.79 Å². The van der Waals surface area contributed by atoms with E-state index in [1.54, 1.807) is 11.3 Å². The molecule has 0 spiro atoms. The van der Waals surface area contributed by atoms with E-state index in [4.69, 9.17) is 4.42 Å². The third-order valence-corrected chi connectivity index (χ3v) is 6.08. The number of nitrogens with zero attached hydrogens (tertiary/aromatic N) is 2. The van der Waals surface area contributed by atoms with Crippen molar-refractivity contribution in [3.05, 3.63) is 42.2 Å². The Morgan fingerprint density at radius 3 is 3.04 bits per heavy atom. The Bertz CT molecular complexity index is 882. The van der Waals surface area contributed by atoms with Crippen molar-refractivity contribution in [1.29, 1.82) is 0 Å². The van der Waals surface area contributed by atoms with E-state index in [0.29, 0.717) is 6.54 Å². The smallest absolute Gasteiger partial charge is 0.237 e. The van der Waals surface area contributed by atoms with Gasteiger partial charge in [0.15, 0.2) is 10.8 Å². The van der Waals surface area contributed by atoms with Crippen LogP contribution >= 0.6 is 11.3 Å². The van der Waals surface area contributed by atoms with Gasteiger partial charge in [-0.2, -0.15) is 0 Å². The number of aromatic nitrogens is 1. The molecule has 142 valence electrons. The second-order valence-corrected chi connectivity index (χ2v) is 8.05. The summed E-state index contributed by atoms with van der Waals surface area (Å²) in [6, 6.07) is 11.9. The van der Waals surface area contributed by atoms with Crippen LogP contribution in [0.3, 0.4) is 0 Å². The first kappa shape index (κ1) is 18.2. The lowest BCUT2D eigenvalue weighted by atomic mass is 10.0. The van der Waals surface area contributed by atoms with Gasteiger partial charge >= 0.3 is 0 Å². The van der Waals surface area contributed by atoms with Gasteiger partial charge in [-0.1, -0.05) is 25.5 Å². The molecule has 0 aliphatic carbocycles. The molecule has 3 aromatic rings. The Labute approximate surface area is 163 Å². The summed E-state index contributed by atoms with van der Waals surface area (Å²) in [6.45, 7) is 4.59. The number of benzene rings is 1. The summed E-state index contributed by atoms with van der Waals surface area (Å²) in [6.07, 6.45) is 4.34. The molecular weight excluding hydrogens is 358 g/mol. The van der Waals surface area contributed by atoms with Gasteiger partial charge in [0.2, 0.25) is 5.91 Å². The number of furan rings is 1. The lowest BCUT2D eigenvalue weighted by Crippen LogP contribution is -2.49. The fourth-order valence-corrected chi connectivity index (χ4v) is 4.63. The summed E-state index contributed by atoms with van der Waals surface area (Å²) < 4.78 is 7.08. The number of fused-ring (bicyclic) bond motifs is 1. The molecule has 1 unspecified atom stereocenters. The molecule has 1 N–H and O–H groups in total. The largest absolute Gasteiger partial charge is 0.457 e. The van der Waals surface area contributed by atoms with Gasteiger partial charge in [-0.05, 0) is 56.6 Å². The average molecular weight is 384 g/mol. The van der Waals surface area contributed by atoms with Gasteiger partial charge < -0.3 is 9.73 Å². The highest BCUT2D eigenvalue weighted by molar-refractivity contribution is 7.21. The molecule has 0 radical (unpaired) electrons. The highest BCUT2D eigenvalue weighted by Crippen LogP contribution is 2.31. The second-order valence-electron chi connectivity index (χ2n) is 7.02. The third-order valence-electron chi connectivity index (χ3n) is 5.03. The molecule has 1 fully saturated rings. The number of likely N-dealkylation sites (tertiary alicyclic amines) is 1. The Hall–Kier alpha value is -2.18. The zero-order chi connectivity index (χ0) is 18.6. The van der Waals surface area contributed by atoms with Crippen LogP contribution in [-0.4, -0.2) is 34.9 Å². The highest BCUT2D eigenvalue weighted by atomic mass is 32.1. The van der Waals surface area contributed by atoms with E-state index >= 15 is 0 Å². The molecule has 3 heterocycles. The molecule has 6 heteroatoms. The van der Waals surface area contributed by atoms with Crippen molar-refractivity contribution in [2.45, 2.75) is 45.2 Å². The van der Waals surface area contributed by atoms with E-state index in [0.717, 1.165) is 59.1 Å². The first-order valence-corrected chi connectivity index (χ1v) is 10.5. The van der Waals surface area contributed by atoms with Gasteiger partial charge in [-0.3, -0.25) is 9.69 Å². The fourth-order valence-electron chi connectivity index (χ4n) is 3.70. The van der Waals surface area contributed by atoms with Gasteiger partial charge in [-0.15, -0.1) is 11.3 Å². The summed E-state index contributed by atoms with van der Waals surface area (Å²) in [7, 11) is 0. The fraction of sp³-hybridized carbons (Fsp3) is 0.429. The minimum Gasteiger partial charge on any atom is -0.457 e. The topological polar surface area (TPSA) is 58.4 Å². The van der Waals surface area contributed by atoms with Crippen molar-refractivity contribution in [3.63, 3.8) is 0 Å². The van der Waals surface area contributed by atoms with Crippen molar-refractivity contribution in [1.82, 2.24) is 15.2 Å². The van der Waals surface area contributed by atoms with E-state index in [2.05, 4.69) is 28.2 Å². The van der Waals surface area contributed by atoms with Crippen LogP contribution in [0.4, 0.5) is 0 Å². The van der Waals surface area contributed by atoms with Gasteiger partial charge in [0, 0.05) is 0 Å². The number of rotatable bonds is 6. The van der Waals surface area contributed by atoms with Crippen LogP contribution in [0.2, 0.25) is 0 Å². The number of para-hydroxylation sites is 1. The van der Waals surface area contributed by atoms with Crippen LogP contribution in [0.5, 0.6) is 0 Å². The molecule has 0 saturated carbocycles. The van der Waals surface area contributed by atoms with Crippen molar-refractivity contribution in [3.8, 4) is 10.8 Å². The quantitative estimate of drug-likeness (QED) is 0.684. The van der Waals surface area contributed by atoms with Crippen LogP contribution in [0.15, 0.2) is 40.8 Å². The maximum Gasteiger partial charge on any atom is 0.237 e. The van der Waals surface area contributed by atoms with Gasteiger partial charge in [0.1, 0.15) is 5.76 Å².